The number of carboxylic acids is 1. The molecule has 14 heavy (non-hydrogen) atoms. The van der Waals surface area contributed by atoms with E-state index >= 15 is 0 Å². The van der Waals surface area contributed by atoms with Crippen LogP contribution in [-0.4, -0.2) is 21.8 Å². The lowest BCUT2D eigenvalue weighted by molar-refractivity contribution is 0.0692. The highest BCUT2D eigenvalue weighted by Crippen LogP contribution is 2.19. The van der Waals surface area contributed by atoms with Crippen LogP contribution in [-0.2, 0) is 0 Å². The number of aromatic carboxylic acids is 1. The van der Waals surface area contributed by atoms with Crippen molar-refractivity contribution in [2.75, 3.05) is 5.75 Å². The fraction of sp³-hybridized carbons (Fsp3) is 0.200. The molecule has 1 aromatic heterocycles. The number of thioether (sulfide) groups is 1. The Balaban J connectivity index is 2.79. The molecule has 0 saturated carbocycles. The highest BCUT2D eigenvalue weighted by molar-refractivity contribution is 7.99. The van der Waals surface area contributed by atoms with Crippen molar-refractivity contribution in [3.05, 3.63) is 36.0 Å². The second-order valence-corrected chi connectivity index (χ2v) is 3.55. The fourth-order valence-electron chi connectivity index (χ4n) is 0.892. The van der Waals surface area contributed by atoms with Crippen LogP contribution in [0.3, 0.4) is 0 Å². The smallest absolute Gasteiger partial charge is 0.338 e. The average molecular weight is 209 g/mol. The number of pyridine rings is 1. The van der Waals surface area contributed by atoms with Crippen LogP contribution in [0.4, 0.5) is 0 Å². The Morgan fingerprint density at radius 1 is 1.71 bits per heavy atom. The van der Waals surface area contributed by atoms with E-state index in [9.17, 15) is 4.79 Å². The third-order valence-electron chi connectivity index (χ3n) is 1.55. The van der Waals surface area contributed by atoms with Gasteiger partial charge in [-0.25, -0.2) is 9.78 Å². The minimum Gasteiger partial charge on any atom is -0.478 e. The molecule has 0 aliphatic heterocycles. The summed E-state index contributed by atoms with van der Waals surface area (Å²) in [6, 6.07) is 3.19. The van der Waals surface area contributed by atoms with Gasteiger partial charge in [0.15, 0.2) is 0 Å². The van der Waals surface area contributed by atoms with Gasteiger partial charge in [0.1, 0.15) is 5.03 Å². The van der Waals surface area contributed by atoms with Crippen LogP contribution in [0.25, 0.3) is 0 Å². The van der Waals surface area contributed by atoms with Gasteiger partial charge in [-0.05, 0) is 19.1 Å². The van der Waals surface area contributed by atoms with Crippen LogP contribution in [0.1, 0.15) is 17.3 Å². The zero-order valence-corrected chi connectivity index (χ0v) is 8.62. The Labute approximate surface area is 86.9 Å². The second kappa shape index (κ2) is 5.44. The SMILES string of the molecule is C/C=C/CSc1ncccc1C(=O)O. The van der Waals surface area contributed by atoms with Crippen molar-refractivity contribution in [1.29, 1.82) is 0 Å². The van der Waals surface area contributed by atoms with Crippen molar-refractivity contribution in [2.45, 2.75) is 11.9 Å². The van der Waals surface area contributed by atoms with Gasteiger partial charge in [-0.3, -0.25) is 0 Å². The molecule has 0 amide bonds. The molecule has 0 atom stereocenters. The molecule has 4 heteroatoms. The zero-order chi connectivity index (χ0) is 10.4. The minimum absolute atomic E-state index is 0.266. The lowest BCUT2D eigenvalue weighted by atomic mass is 10.3. The predicted octanol–water partition coefficient (Wildman–Crippen LogP) is 2.45. The number of hydrogen-bond donors (Lipinski definition) is 1. The van der Waals surface area contributed by atoms with Gasteiger partial charge in [-0.15, -0.1) is 11.8 Å². The van der Waals surface area contributed by atoms with Gasteiger partial charge >= 0.3 is 5.97 Å². The molecule has 1 aromatic rings. The molecule has 0 saturated heterocycles. The maximum absolute atomic E-state index is 10.8. The molecule has 0 aliphatic rings. The van der Waals surface area contributed by atoms with Crippen LogP contribution in [0.5, 0.6) is 0 Å². The first-order chi connectivity index (χ1) is 6.75. The quantitative estimate of drug-likeness (QED) is 0.611. The average Bonchev–Trinajstić information content (AvgIpc) is 2.19. The van der Waals surface area contributed by atoms with Crippen molar-refractivity contribution >= 4 is 17.7 Å². The number of aromatic nitrogens is 1. The first-order valence-corrected chi connectivity index (χ1v) is 5.16. The highest BCUT2D eigenvalue weighted by atomic mass is 32.2. The van der Waals surface area contributed by atoms with Gasteiger partial charge in [0.25, 0.3) is 0 Å². The van der Waals surface area contributed by atoms with E-state index in [0.717, 1.165) is 5.75 Å². The molecular weight excluding hydrogens is 198 g/mol. The summed E-state index contributed by atoms with van der Waals surface area (Å²) in [7, 11) is 0. The Bertz CT molecular complexity index is 350. The van der Waals surface area contributed by atoms with Crippen molar-refractivity contribution < 1.29 is 9.90 Å². The summed E-state index contributed by atoms with van der Waals surface area (Å²) in [5, 5.41) is 9.42. The van der Waals surface area contributed by atoms with E-state index in [2.05, 4.69) is 4.98 Å². The number of carbonyl (C=O) groups is 1. The normalized spacial score (nSPS) is 10.6. The minimum atomic E-state index is -0.930. The third-order valence-corrected chi connectivity index (χ3v) is 2.51. The largest absolute Gasteiger partial charge is 0.478 e. The van der Waals surface area contributed by atoms with Gasteiger partial charge < -0.3 is 5.11 Å². The molecule has 0 unspecified atom stereocenters. The maximum atomic E-state index is 10.8. The molecular formula is C10H11NO2S. The Morgan fingerprint density at radius 2 is 2.50 bits per heavy atom. The van der Waals surface area contributed by atoms with E-state index < -0.39 is 5.97 Å². The molecule has 3 nitrogen and oxygen atoms in total. The lowest BCUT2D eigenvalue weighted by Crippen LogP contribution is -2.00. The molecule has 1 rings (SSSR count). The van der Waals surface area contributed by atoms with E-state index in [1.165, 1.54) is 11.8 Å². The summed E-state index contributed by atoms with van der Waals surface area (Å²) in [6.07, 6.45) is 5.49. The number of carboxylic acid groups (broad SMARTS) is 1. The molecule has 1 heterocycles. The number of allylic oxidation sites excluding steroid dienone is 1. The van der Waals surface area contributed by atoms with Gasteiger partial charge in [0.2, 0.25) is 0 Å². The monoisotopic (exact) mass is 209 g/mol. The molecule has 1 N–H and O–H groups in total. The van der Waals surface area contributed by atoms with Gasteiger partial charge in [0, 0.05) is 11.9 Å². The fourth-order valence-corrected chi connectivity index (χ4v) is 1.78. The molecule has 74 valence electrons. The molecule has 0 aromatic carbocycles. The van der Waals surface area contributed by atoms with Crippen LogP contribution < -0.4 is 0 Å². The summed E-state index contributed by atoms with van der Waals surface area (Å²) < 4.78 is 0. The maximum Gasteiger partial charge on any atom is 0.338 e. The number of hydrogen-bond acceptors (Lipinski definition) is 3. The van der Waals surface area contributed by atoms with Crippen molar-refractivity contribution in [3.63, 3.8) is 0 Å². The molecule has 0 spiro atoms. The van der Waals surface area contributed by atoms with E-state index in [1.807, 2.05) is 19.1 Å². The first kappa shape index (κ1) is 10.8. The van der Waals surface area contributed by atoms with Crippen molar-refractivity contribution in [2.24, 2.45) is 0 Å². The summed E-state index contributed by atoms with van der Waals surface area (Å²) >= 11 is 1.42. The summed E-state index contributed by atoms with van der Waals surface area (Å²) in [5.41, 5.74) is 0.266. The van der Waals surface area contributed by atoms with Gasteiger partial charge in [-0.1, -0.05) is 12.2 Å². The van der Waals surface area contributed by atoms with Crippen molar-refractivity contribution in [1.82, 2.24) is 4.98 Å². The van der Waals surface area contributed by atoms with Crippen LogP contribution in [0.2, 0.25) is 0 Å². The Kier molecular flexibility index (Phi) is 4.19. The summed E-state index contributed by atoms with van der Waals surface area (Å²) in [5.74, 6) is -0.186. The second-order valence-electron chi connectivity index (χ2n) is 2.54. The summed E-state index contributed by atoms with van der Waals surface area (Å²) in [6.45, 7) is 1.93. The predicted molar refractivity (Wildman–Crippen MR) is 56.7 cm³/mol. The third kappa shape index (κ3) is 2.88. The van der Waals surface area contributed by atoms with Crippen LogP contribution in [0.15, 0.2) is 35.5 Å². The molecule has 0 radical (unpaired) electrons. The van der Waals surface area contributed by atoms with E-state index in [4.69, 9.17) is 5.11 Å². The number of rotatable bonds is 4. The van der Waals surface area contributed by atoms with Crippen LogP contribution >= 0.6 is 11.8 Å². The Morgan fingerprint density at radius 3 is 3.14 bits per heavy atom. The van der Waals surface area contributed by atoms with Gasteiger partial charge in [-0.2, -0.15) is 0 Å². The van der Waals surface area contributed by atoms with Gasteiger partial charge in [0.05, 0.1) is 5.56 Å². The first-order valence-electron chi connectivity index (χ1n) is 4.18. The molecule has 0 aliphatic carbocycles. The number of nitrogens with zero attached hydrogens (tertiary/aromatic N) is 1. The van der Waals surface area contributed by atoms with E-state index in [-0.39, 0.29) is 5.56 Å². The molecule has 0 bridgehead atoms. The summed E-state index contributed by atoms with van der Waals surface area (Å²) in [4.78, 5) is 14.8. The highest BCUT2D eigenvalue weighted by Gasteiger charge is 2.09. The Hall–Kier alpha value is -1.29. The standard InChI is InChI=1S/C10H11NO2S/c1-2-3-7-14-9-8(10(12)13)5-4-6-11-9/h2-6H,7H2,1H3,(H,12,13)/b3-2+. The van der Waals surface area contributed by atoms with Crippen LogP contribution in [0, 0.1) is 0 Å². The topological polar surface area (TPSA) is 50.2 Å². The lowest BCUT2D eigenvalue weighted by Gasteiger charge is -2.01. The molecule has 0 fully saturated rings. The zero-order valence-electron chi connectivity index (χ0n) is 7.80. The van der Waals surface area contributed by atoms with E-state index in [1.54, 1.807) is 18.3 Å². The van der Waals surface area contributed by atoms with E-state index in [0.29, 0.717) is 5.03 Å². The van der Waals surface area contributed by atoms with Crippen molar-refractivity contribution in [3.8, 4) is 0 Å².